The molecule has 0 radical (unpaired) electrons. The number of piperidine rings is 1. The van der Waals surface area contributed by atoms with Gasteiger partial charge in [0.25, 0.3) is 0 Å². The van der Waals surface area contributed by atoms with Crippen molar-refractivity contribution in [3.05, 3.63) is 5.82 Å². The summed E-state index contributed by atoms with van der Waals surface area (Å²) in [5.74, 6) is 2.36. The summed E-state index contributed by atoms with van der Waals surface area (Å²) in [5, 5.41) is 1.11. The Hall–Kier alpha value is -0.720. The molecule has 20 heavy (non-hydrogen) atoms. The van der Waals surface area contributed by atoms with Crippen LogP contribution in [0.15, 0.2) is 0 Å². The molecule has 0 bridgehead atoms. The Labute approximate surface area is 123 Å². The monoisotopic (exact) mass is 294 g/mol. The summed E-state index contributed by atoms with van der Waals surface area (Å²) in [7, 11) is 0. The number of hydrogen-bond acceptors (Lipinski definition) is 6. The molecule has 1 saturated carbocycles. The molecule has 3 fully saturated rings. The lowest BCUT2D eigenvalue weighted by molar-refractivity contribution is 0.0462. The van der Waals surface area contributed by atoms with Gasteiger partial charge in [0.05, 0.1) is 6.10 Å². The van der Waals surface area contributed by atoms with Gasteiger partial charge in [-0.2, -0.15) is 4.37 Å². The molecule has 0 unspecified atom stereocenters. The van der Waals surface area contributed by atoms with Gasteiger partial charge in [0.15, 0.2) is 0 Å². The van der Waals surface area contributed by atoms with Crippen LogP contribution in [0.3, 0.4) is 0 Å². The van der Waals surface area contributed by atoms with E-state index in [2.05, 4.69) is 9.27 Å². The maximum absolute atomic E-state index is 6.14. The fourth-order valence-corrected chi connectivity index (χ4v) is 4.19. The average molecular weight is 294 g/mol. The first-order valence-electron chi connectivity index (χ1n) is 7.77. The molecule has 2 aliphatic heterocycles. The smallest absolute Gasteiger partial charge is 0.205 e. The molecule has 1 aromatic rings. The third kappa shape index (κ3) is 2.44. The highest BCUT2D eigenvalue weighted by Gasteiger charge is 2.35. The summed E-state index contributed by atoms with van der Waals surface area (Å²) >= 11 is 1.57. The van der Waals surface area contributed by atoms with Crippen molar-refractivity contribution in [1.82, 2.24) is 9.36 Å². The molecule has 2 N–H and O–H groups in total. The van der Waals surface area contributed by atoms with Gasteiger partial charge in [0, 0.05) is 43.2 Å². The van der Waals surface area contributed by atoms with Gasteiger partial charge < -0.3 is 15.4 Å². The summed E-state index contributed by atoms with van der Waals surface area (Å²) in [5.41, 5.74) is 6.14. The maximum Gasteiger partial charge on any atom is 0.205 e. The van der Waals surface area contributed by atoms with Crippen LogP contribution in [0.5, 0.6) is 0 Å². The molecular weight excluding hydrogens is 272 g/mol. The van der Waals surface area contributed by atoms with Crippen molar-refractivity contribution in [2.24, 2.45) is 11.7 Å². The second-order valence-electron chi connectivity index (χ2n) is 6.32. The zero-order valence-corrected chi connectivity index (χ0v) is 12.5. The van der Waals surface area contributed by atoms with Gasteiger partial charge in [0.1, 0.15) is 5.82 Å². The topological polar surface area (TPSA) is 64.3 Å². The van der Waals surface area contributed by atoms with Crippen molar-refractivity contribution in [3.63, 3.8) is 0 Å². The van der Waals surface area contributed by atoms with Crippen LogP contribution in [0, 0.1) is 5.92 Å². The normalized spacial score (nSPS) is 31.9. The molecule has 5 nitrogen and oxygen atoms in total. The van der Waals surface area contributed by atoms with Gasteiger partial charge in [-0.3, -0.25) is 0 Å². The van der Waals surface area contributed by atoms with E-state index < -0.39 is 0 Å². The predicted octanol–water partition coefficient (Wildman–Crippen LogP) is 1.75. The zero-order chi connectivity index (χ0) is 13.5. The first-order chi connectivity index (χ1) is 9.81. The van der Waals surface area contributed by atoms with Gasteiger partial charge in [-0.05, 0) is 38.0 Å². The Bertz CT molecular complexity index is 467. The number of hydrogen-bond donors (Lipinski definition) is 1. The molecule has 110 valence electrons. The third-order valence-electron chi connectivity index (χ3n) is 4.83. The quantitative estimate of drug-likeness (QED) is 0.920. The van der Waals surface area contributed by atoms with Gasteiger partial charge in [-0.25, -0.2) is 4.98 Å². The summed E-state index contributed by atoms with van der Waals surface area (Å²) in [6.45, 7) is 2.97. The third-order valence-corrected chi connectivity index (χ3v) is 5.62. The standard InChI is InChI=1S/C14H22N4OS/c15-11-5-8-19-12(11)9-3-6-18(7-4-9)14-16-13(17-20-14)10-1-2-10/h9-12H,1-8,15H2/t11-,12+/m1/s1. The minimum atomic E-state index is 0.245. The van der Waals surface area contributed by atoms with Crippen molar-refractivity contribution < 1.29 is 4.74 Å². The molecule has 0 amide bonds. The number of aromatic nitrogens is 2. The molecule has 0 spiro atoms. The first kappa shape index (κ1) is 13.0. The van der Waals surface area contributed by atoms with E-state index in [-0.39, 0.29) is 12.1 Å². The highest BCUT2D eigenvalue weighted by Crippen LogP contribution is 2.40. The summed E-state index contributed by atoms with van der Waals surface area (Å²) in [6.07, 6.45) is 6.18. The molecule has 1 aromatic heterocycles. The predicted molar refractivity (Wildman–Crippen MR) is 79.2 cm³/mol. The lowest BCUT2D eigenvalue weighted by Crippen LogP contribution is -2.43. The van der Waals surface area contributed by atoms with E-state index in [1.807, 2.05) is 0 Å². The maximum atomic E-state index is 6.14. The van der Waals surface area contributed by atoms with Crippen molar-refractivity contribution >= 4 is 16.7 Å². The van der Waals surface area contributed by atoms with Crippen LogP contribution in [0.1, 0.15) is 43.8 Å². The van der Waals surface area contributed by atoms with E-state index in [1.165, 1.54) is 12.8 Å². The lowest BCUT2D eigenvalue weighted by atomic mass is 9.88. The number of rotatable bonds is 3. The van der Waals surface area contributed by atoms with E-state index in [9.17, 15) is 0 Å². The molecule has 3 heterocycles. The van der Waals surface area contributed by atoms with E-state index >= 15 is 0 Å². The molecule has 1 aliphatic carbocycles. The summed E-state index contributed by atoms with van der Waals surface area (Å²) in [6, 6.07) is 0.245. The Kier molecular flexibility index (Phi) is 3.40. The average Bonchev–Trinajstić information content (AvgIpc) is 3.05. The van der Waals surface area contributed by atoms with Gasteiger partial charge >= 0.3 is 0 Å². The van der Waals surface area contributed by atoms with Crippen LogP contribution in [-0.4, -0.2) is 41.2 Å². The van der Waals surface area contributed by atoms with E-state index in [1.54, 1.807) is 11.5 Å². The van der Waals surface area contributed by atoms with Crippen molar-refractivity contribution in [3.8, 4) is 0 Å². The van der Waals surface area contributed by atoms with E-state index in [0.29, 0.717) is 11.8 Å². The number of nitrogens with zero attached hydrogens (tertiary/aromatic N) is 3. The molecule has 4 rings (SSSR count). The fourth-order valence-electron chi connectivity index (χ4n) is 3.40. The second-order valence-corrected chi connectivity index (χ2v) is 7.05. The highest BCUT2D eigenvalue weighted by atomic mass is 32.1. The highest BCUT2D eigenvalue weighted by molar-refractivity contribution is 7.09. The molecule has 2 saturated heterocycles. The molecule has 6 heteroatoms. The summed E-state index contributed by atoms with van der Waals surface area (Å²) < 4.78 is 10.3. The lowest BCUT2D eigenvalue weighted by Gasteiger charge is -2.35. The van der Waals surface area contributed by atoms with E-state index in [4.69, 9.17) is 15.5 Å². The Morgan fingerprint density at radius 1 is 1.15 bits per heavy atom. The Morgan fingerprint density at radius 3 is 2.60 bits per heavy atom. The minimum Gasteiger partial charge on any atom is -0.376 e. The first-order valence-corrected chi connectivity index (χ1v) is 8.54. The van der Waals surface area contributed by atoms with E-state index in [0.717, 1.165) is 49.9 Å². The fraction of sp³-hybridized carbons (Fsp3) is 0.857. The SMILES string of the molecule is N[C@@H]1CCO[C@H]1C1CCN(c2nc(C3CC3)ns2)CC1. The molecule has 3 aliphatic rings. The van der Waals surface area contributed by atoms with Crippen LogP contribution in [0.2, 0.25) is 0 Å². The number of nitrogens with two attached hydrogens (primary N) is 1. The van der Waals surface area contributed by atoms with Crippen LogP contribution >= 0.6 is 11.5 Å². The largest absolute Gasteiger partial charge is 0.376 e. The zero-order valence-electron chi connectivity index (χ0n) is 11.7. The number of ether oxygens (including phenoxy) is 1. The van der Waals surface area contributed by atoms with Crippen molar-refractivity contribution in [2.45, 2.75) is 50.2 Å². The Morgan fingerprint density at radius 2 is 1.95 bits per heavy atom. The molecule has 2 atom stereocenters. The van der Waals surface area contributed by atoms with Crippen LogP contribution in [0.4, 0.5) is 5.13 Å². The number of anilines is 1. The Balaban J connectivity index is 1.36. The molecule has 0 aromatic carbocycles. The van der Waals surface area contributed by atoms with Crippen LogP contribution < -0.4 is 10.6 Å². The van der Waals surface area contributed by atoms with Gasteiger partial charge in [-0.15, -0.1) is 0 Å². The van der Waals surface area contributed by atoms with Gasteiger partial charge in [0.2, 0.25) is 5.13 Å². The van der Waals surface area contributed by atoms with Crippen LogP contribution in [0.25, 0.3) is 0 Å². The van der Waals surface area contributed by atoms with Crippen molar-refractivity contribution in [1.29, 1.82) is 0 Å². The van der Waals surface area contributed by atoms with Crippen molar-refractivity contribution in [2.75, 3.05) is 24.6 Å². The molecular formula is C14H22N4OS. The summed E-state index contributed by atoms with van der Waals surface area (Å²) in [4.78, 5) is 7.10. The van der Waals surface area contributed by atoms with Gasteiger partial charge in [-0.1, -0.05) is 0 Å². The van der Waals surface area contributed by atoms with Crippen LogP contribution in [-0.2, 0) is 4.74 Å². The minimum absolute atomic E-state index is 0.245. The second kappa shape index (κ2) is 5.24.